The number of hydrogen-bond donors (Lipinski definition) is 0. The number of nitrogens with zero attached hydrogens (tertiary/aromatic N) is 2. The number of hydrogen-bond acceptors (Lipinski definition) is 3. The van der Waals surface area contributed by atoms with E-state index in [1.807, 2.05) is 6.07 Å². The Morgan fingerprint density at radius 1 is 1.41 bits per heavy atom. The smallest absolute Gasteiger partial charge is 0.212 e. The minimum atomic E-state index is -3.32. The van der Waals surface area contributed by atoms with Crippen molar-refractivity contribution in [3.05, 3.63) is 48.0 Å². The Morgan fingerprint density at radius 3 is 2.47 bits per heavy atom. The molecule has 0 unspecified atom stereocenters. The van der Waals surface area contributed by atoms with Crippen LogP contribution in [0.4, 0.5) is 0 Å². The van der Waals surface area contributed by atoms with Crippen molar-refractivity contribution in [3.8, 4) is 6.07 Å². The molecule has 0 fully saturated rings. The summed E-state index contributed by atoms with van der Waals surface area (Å²) in [5.74, 6) is -0.0664. The van der Waals surface area contributed by atoms with Crippen LogP contribution >= 0.6 is 0 Å². The van der Waals surface area contributed by atoms with E-state index in [0.29, 0.717) is 17.7 Å². The second-order valence-electron chi connectivity index (χ2n) is 3.63. The average Bonchev–Trinajstić information content (AvgIpc) is 2.30. The van der Waals surface area contributed by atoms with Crippen LogP contribution in [0.1, 0.15) is 11.1 Å². The van der Waals surface area contributed by atoms with Gasteiger partial charge in [0.1, 0.15) is 0 Å². The molecule has 0 bridgehead atoms. The predicted octanol–water partition coefficient (Wildman–Crippen LogP) is 1.51. The maximum atomic E-state index is 11.9. The number of nitriles is 1. The summed E-state index contributed by atoms with van der Waals surface area (Å²) in [6, 6.07) is 8.51. The first-order valence-corrected chi connectivity index (χ1v) is 6.64. The quantitative estimate of drug-likeness (QED) is 0.744. The zero-order chi connectivity index (χ0) is 12.9. The second kappa shape index (κ2) is 5.62. The molecule has 0 N–H and O–H groups in total. The van der Waals surface area contributed by atoms with Crippen LogP contribution in [0.25, 0.3) is 0 Å². The van der Waals surface area contributed by atoms with Gasteiger partial charge in [-0.1, -0.05) is 18.2 Å². The highest BCUT2D eigenvalue weighted by molar-refractivity contribution is 7.88. The summed E-state index contributed by atoms with van der Waals surface area (Å²) in [5, 5.41) is 8.63. The van der Waals surface area contributed by atoms with E-state index < -0.39 is 10.0 Å². The summed E-state index contributed by atoms with van der Waals surface area (Å²) >= 11 is 0. The molecule has 0 aliphatic carbocycles. The molecule has 90 valence electrons. The summed E-state index contributed by atoms with van der Waals surface area (Å²) in [4.78, 5) is 0. The summed E-state index contributed by atoms with van der Waals surface area (Å²) in [7, 11) is -1.80. The van der Waals surface area contributed by atoms with Gasteiger partial charge in [0.25, 0.3) is 0 Å². The van der Waals surface area contributed by atoms with Crippen LogP contribution in [0.5, 0.6) is 0 Å². The van der Waals surface area contributed by atoms with E-state index in [1.165, 1.54) is 17.4 Å². The van der Waals surface area contributed by atoms with Crippen LogP contribution in [-0.4, -0.2) is 26.3 Å². The zero-order valence-electron chi connectivity index (χ0n) is 9.63. The Kier molecular flexibility index (Phi) is 4.44. The van der Waals surface area contributed by atoms with Crippen LogP contribution in [0.15, 0.2) is 36.9 Å². The fourth-order valence-electron chi connectivity index (χ4n) is 1.29. The van der Waals surface area contributed by atoms with Crippen LogP contribution in [-0.2, 0) is 15.8 Å². The first-order chi connectivity index (χ1) is 7.99. The minimum absolute atomic E-state index is 0.0664. The molecule has 0 aliphatic rings. The van der Waals surface area contributed by atoms with E-state index in [-0.39, 0.29) is 5.75 Å². The summed E-state index contributed by atoms with van der Waals surface area (Å²) in [6.45, 7) is 3.79. The molecule has 0 saturated heterocycles. The number of rotatable bonds is 5. The summed E-state index contributed by atoms with van der Waals surface area (Å²) in [5.41, 5.74) is 1.19. The van der Waals surface area contributed by atoms with Gasteiger partial charge in [-0.2, -0.15) is 5.26 Å². The van der Waals surface area contributed by atoms with Crippen molar-refractivity contribution >= 4 is 10.0 Å². The van der Waals surface area contributed by atoms with Gasteiger partial charge in [-0.25, -0.2) is 12.7 Å². The van der Waals surface area contributed by atoms with Gasteiger partial charge in [-0.15, -0.1) is 6.58 Å². The van der Waals surface area contributed by atoms with Gasteiger partial charge in [0.15, 0.2) is 0 Å². The van der Waals surface area contributed by atoms with Crippen LogP contribution in [0, 0.1) is 11.3 Å². The SMILES string of the molecule is C=CCN(C)S(=O)(=O)Cc1ccc(C#N)cc1. The van der Waals surface area contributed by atoms with Crippen molar-refractivity contribution in [2.24, 2.45) is 0 Å². The van der Waals surface area contributed by atoms with Gasteiger partial charge in [0, 0.05) is 13.6 Å². The monoisotopic (exact) mass is 250 g/mol. The zero-order valence-corrected chi connectivity index (χ0v) is 10.4. The highest BCUT2D eigenvalue weighted by Crippen LogP contribution is 2.10. The van der Waals surface area contributed by atoms with Crippen LogP contribution in [0.2, 0.25) is 0 Å². The molecule has 5 heteroatoms. The lowest BCUT2D eigenvalue weighted by Crippen LogP contribution is -2.28. The molecule has 1 aromatic rings. The molecule has 0 heterocycles. The van der Waals surface area contributed by atoms with Crippen LogP contribution in [0.3, 0.4) is 0 Å². The van der Waals surface area contributed by atoms with E-state index >= 15 is 0 Å². The Labute approximate surface area is 102 Å². The Bertz CT molecular complexity index is 527. The number of sulfonamides is 1. The van der Waals surface area contributed by atoms with Crippen molar-refractivity contribution in [1.82, 2.24) is 4.31 Å². The van der Waals surface area contributed by atoms with E-state index in [4.69, 9.17) is 5.26 Å². The van der Waals surface area contributed by atoms with Gasteiger partial charge in [-0.3, -0.25) is 0 Å². The van der Waals surface area contributed by atoms with E-state index in [1.54, 1.807) is 24.3 Å². The summed E-state index contributed by atoms with van der Waals surface area (Å²) in [6.07, 6.45) is 1.54. The molecule has 4 nitrogen and oxygen atoms in total. The second-order valence-corrected chi connectivity index (χ2v) is 5.71. The Balaban J connectivity index is 2.83. The highest BCUT2D eigenvalue weighted by atomic mass is 32.2. The van der Waals surface area contributed by atoms with Crippen molar-refractivity contribution in [1.29, 1.82) is 5.26 Å². The molecule has 0 spiro atoms. The number of benzene rings is 1. The minimum Gasteiger partial charge on any atom is -0.212 e. The fraction of sp³-hybridized carbons (Fsp3) is 0.250. The lowest BCUT2D eigenvalue weighted by molar-refractivity contribution is 0.498. The normalized spacial score (nSPS) is 11.1. The molecule has 0 atom stereocenters. The molecule has 0 amide bonds. The maximum Gasteiger partial charge on any atom is 0.218 e. The maximum absolute atomic E-state index is 11.9. The molecular formula is C12H14N2O2S. The van der Waals surface area contributed by atoms with Crippen molar-refractivity contribution < 1.29 is 8.42 Å². The lowest BCUT2D eigenvalue weighted by atomic mass is 10.2. The standard InChI is InChI=1S/C12H14N2O2S/c1-3-8-14(2)17(15,16)10-12-6-4-11(9-13)5-7-12/h3-7H,1,8,10H2,2H3. The third-order valence-electron chi connectivity index (χ3n) is 2.29. The van der Waals surface area contributed by atoms with Crippen molar-refractivity contribution in [2.45, 2.75) is 5.75 Å². The molecule has 17 heavy (non-hydrogen) atoms. The molecule has 0 aliphatic heterocycles. The molecule has 0 aromatic heterocycles. The van der Waals surface area contributed by atoms with Crippen molar-refractivity contribution in [3.63, 3.8) is 0 Å². The molecule has 0 radical (unpaired) electrons. The molecule has 0 saturated carbocycles. The third kappa shape index (κ3) is 3.70. The third-order valence-corrected chi connectivity index (χ3v) is 4.09. The van der Waals surface area contributed by atoms with Gasteiger partial charge in [0.2, 0.25) is 10.0 Å². The van der Waals surface area contributed by atoms with Crippen molar-refractivity contribution in [2.75, 3.05) is 13.6 Å². The van der Waals surface area contributed by atoms with Gasteiger partial charge in [-0.05, 0) is 17.7 Å². The van der Waals surface area contributed by atoms with Gasteiger partial charge >= 0.3 is 0 Å². The van der Waals surface area contributed by atoms with E-state index in [2.05, 4.69) is 6.58 Å². The van der Waals surface area contributed by atoms with E-state index in [9.17, 15) is 8.42 Å². The lowest BCUT2D eigenvalue weighted by Gasteiger charge is -2.14. The predicted molar refractivity (Wildman–Crippen MR) is 66.6 cm³/mol. The van der Waals surface area contributed by atoms with Gasteiger partial charge < -0.3 is 0 Å². The molecule has 1 aromatic carbocycles. The molecular weight excluding hydrogens is 236 g/mol. The average molecular weight is 250 g/mol. The fourth-order valence-corrected chi connectivity index (χ4v) is 2.46. The Morgan fingerprint density at radius 2 is 2.00 bits per heavy atom. The van der Waals surface area contributed by atoms with Crippen LogP contribution < -0.4 is 0 Å². The van der Waals surface area contributed by atoms with Gasteiger partial charge in [0.05, 0.1) is 17.4 Å². The highest BCUT2D eigenvalue weighted by Gasteiger charge is 2.16. The summed E-state index contributed by atoms with van der Waals surface area (Å²) < 4.78 is 25.0. The topological polar surface area (TPSA) is 61.2 Å². The van der Waals surface area contributed by atoms with E-state index in [0.717, 1.165) is 0 Å². The first-order valence-electron chi connectivity index (χ1n) is 5.03. The first kappa shape index (κ1) is 13.4. The molecule has 1 rings (SSSR count). The Hall–Kier alpha value is -1.64. The largest absolute Gasteiger partial charge is 0.218 e. The number of likely N-dealkylation sites (N-methyl/N-ethyl adjacent to an activating group) is 1.